The van der Waals surface area contributed by atoms with E-state index in [1.54, 1.807) is 37.1 Å². The van der Waals surface area contributed by atoms with Gasteiger partial charge < -0.3 is 14.0 Å². The van der Waals surface area contributed by atoms with Crippen LogP contribution in [0.4, 0.5) is 0 Å². The second-order valence-electron chi connectivity index (χ2n) is 4.88. The smallest absolute Gasteiger partial charge is 0.282 e. The maximum absolute atomic E-state index is 12.2. The summed E-state index contributed by atoms with van der Waals surface area (Å²) in [6.45, 7) is 0.806. The molecule has 0 saturated carbocycles. The Bertz CT molecular complexity index is 784. The maximum atomic E-state index is 12.2. The summed E-state index contributed by atoms with van der Waals surface area (Å²) in [6.07, 6.45) is 1.69. The van der Waals surface area contributed by atoms with E-state index in [0.29, 0.717) is 24.7 Å². The monoisotopic (exact) mass is 353 g/mol. The van der Waals surface area contributed by atoms with E-state index >= 15 is 0 Å². The number of hydrazine groups is 1. The summed E-state index contributed by atoms with van der Waals surface area (Å²) in [5.41, 5.74) is 2.51. The number of hydrogen-bond donors (Lipinski definition) is 2. The van der Waals surface area contributed by atoms with Crippen LogP contribution in [0.15, 0.2) is 47.5 Å². The molecule has 8 nitrogen and oxygen atoms in total. The number of aryl methyl sites for hydroxylation is 1. The van der Waals surface area contributed by atoms with Gasteiger partial charge in [-0.2, -0.15) is 0 Å². The van der Waals surface area contributed by atoms with Crippen molar-refractivity contribution in [1.29, 1.82) is 0 Å². The molecule has 2 aromatic rings. The van der Waals surface area contributed by atoms with Crippen molar-refractivity contribution in [2.24, 2.45) is 7.05 Å². The molecule has 1 aromatic heterocycles. The minimum absolute atomic E-state index is 0.00812. The molecule has 0 saturated heterocycles. The molecule has 0 fully saturated rings. The summed E-state index contributed by atoms with van der Waals surface area (Å²) in [7, 11) is -0.622. The van der Waals surface area contributed by atoms with Crippen LogP contribution < -0.4 is 15.0 Å². The molecule has 0 radical (unpaired) electrons. The van der Waals surface area contributed by atoms with Crippen LogP contribution in [0.25, 0.3) is 0 Å². The van der Waals surface area contributed by atoms with E-state index in [9.17, 15) is 13.2 Å². The number of rotatable bonds is 8. The molecule has 1 heterocycles. The second-order valence-corrected chi connectivity index (χ2v) is 6.56. The number of amides is 1. The van der Waals surface area contributed by atoms with Gasteiger partial charge in [0.1, 0.15) is 18.1 Å². The van der Waals surface area contributed by atoms with Crippen LogP contribution in [0.3, 0.4) is 0 Å². The molecule has 0 aliphatic rings. The fourth-order valence-electron chi connectivity index (χ4n) is 1.89. The number of aromatic nitrogens is 1. The molecule has 130 valence electrons. The number of nitrogens with zero attached hydrogens (tertiary/aromatic N) is 1. The Hall–Kier alpha value is -2.36. The lowest BCUT2D eigenvalue weighted by Gasteiger charge is -2.10. The molecule has 0 aliphatic heterocycles. The largest absolute Gasteiger partial charge is 0.491 e. The van der Waals surface area contributed by atoms with Crippen molar-refractivity contribution in [2.75, 3.05) is 20.3 Å². The third-order valence-electron chi connectivity index (χ3n) is 3.17. The van der Waals surface area contributed by atoms with Crippen LogP contribution in [0.5, 0.6) is 5.75 Å². The van der Waals surface area contributed by atoms with Crippen molar-refractivity contribution in [3.8, 4) is 5.75 Å². The fourth-order valence-corrected chi connectivity index (χ4v) is 2.73. The third-order valence-corrected chi connectivity index (χ3v) is 4.43. The van der Waals surface area contributed by atoms with Gasteiger partial charge in [0, 0.05) is 20.4 Å². The summed E-state index contributed by atoms with van der Waals surface area (Å²) in [4.78, 5) is 14.0. The molecule has 0 spiro atoms. The molecule has 1 aromatic carbocycles. The first-order chi connectivity index (χ1) is 11.4. The van der Waals surface area contributed by atoms with Crippen LogP contribution in [0.2, 0.25) is 0 Å². The van der Waals surface area contributed by atoms with Gasteiger partial charge in [0.15, 0.2) is 0 Å². The zero-order valence-corrected chi connectivity index (χ0v) is 14.2. The highest BCUT2D eigenvalue weighted by atomic mass is 32.2. The SMILES string of the molecule is COCCOc1ccc(S(=O)(=O)NNC(=O)c2cccn2C)cc1. The van der Waals surface area contributed by atoms with E-state index in [0.717, 1.165) is 0 Å². The average Bonchev–Trinajstić information content (AvgIpc) is 3.00. The van der Waals surface area contributed by atoms with Gasteiger partial charge in [-0.25, -0.2) is 8.42 Å². The van der Waals surface area contributed by atoms with Gasteiger partial charge in [0.25, 0.3) is 15.9 Å². The van der Waals surface area contributed by atoms with Gasteiger partial charge >= 0.3 is 0 Å². The number of sulfonamides is 1. The molecule has 0 atom stereocenters. The first kappa shape index (κ1) is 18.0. The van der Waals surface area contributed by atoms with E-state index in [-0.39, 0.29) is 4.90 Å². The fraction of sp³-hybridized carbons (Fsp3) is 0.267. The number of ether oxygens (including phenoxy) is 2. The van der Waals surface area contributed by atoms with Crippen molar-refractivity contribution < 1.29 is 22.7 Å². The first-order valence-corrected chi connectivity index (χ1v) is 8.57. The van der Waals surface area contributed by atoms with E-state index < -0.39 is 15.9 Å². The normalized spacial score (nSPS) is 11.2. The molecular formula is C15H19N3O5S. The summed E-state index contributed by atoms with van der Waals surface area (Å²) < 4.78 is 36.1. The number of carbonyl (C=O) groups is 1. The summed E-state index contributed by atoms with van der Waals surface area (Å²) in [5.74, 6) is -0.0237. The lowest BCUT2D eigenvalue weighted by Crippen LogP contribution is -2.42. The zero-order chi connectivity index (χ0) is 17.6. The minimum atomic E-state index is -3.87. The molecule has 0 bridgehead atoms. The minimum Gasteiger partial charge on any atom is -0.491 e. The molecule has 1 amide bonds. The molecular weight excluding hydrogens is 334 g/mol. The molecule has 24 heavy (non-hydrogen) atoms. The predicted molar refractivity (Wildman–Crippen MR) is 87.0 cm³/mol. The number of benzene rings is 1. The van der Waals surface area contributed by atoms with Gasteiger partial charge in [-0.05, 0) is 36.4 Å². The first-order valence-electron chi connectivity index (χ1n) is 7.09. The van der Waals surface area contributed by atoms with E-state index in [2.05, 4.69) is 10.3 Å². The Labute approximate surface area is 140 Å². The Morgan fingerprint density at radius 1 is 1.17 bits per heavy atom. The molecule has 0 aliphatic carbocycles. The van der Waals surface area contributed by atoms with E-state index in [1.165, 1.54) is 24.3 Å². The number of methoxy groups -OCH3 is 1. The van der Waals surface area contributed by atoms with Crippen molar-refractivity contribution in [1.82, 2.24) is 14.8 Å². The van der Waals surface area contributed by atoms with Crippen molar-refractivity contribution in [2.45, 2.75) is 4.90 Å². The Kier molecular flexibility index (Phi) is 5.96. The summed E-state index contributed by atoms with van der Waals surface area (Å²) in [6, 6.07) is 9.10. The standard InChI is InChI=1S/C15H19N3O5S/c1-18-9-3-4-14(18)15(19)16-17-24(20,21)13-7-5-12(6-8-13)23-11-10-22-2/h3-9,17H,10-11H2,1-2H3,(H,16,19). The Morgan fingerprint density at radius 2 is 1.88 bits per heavy atom. The highest BCUT2D eigenvalue weighted by Gasteiger charge is 2.16. The van der Waals surface area contributed by atoms with Crippen LogP contribution in [0, 0.1) is 0 Å². The number of nitrogens with one attached hydrogen (secondary N) is 2. The summed E-state index contributed by atoms with van der Waals surface area (Å²) in [5, 5.41) is 0. The van der Waals surface area contributed by atoms with Crippen LogP contribution in [-0.4, -0.2) is 39.2 Å². The van der Waals surface area contributed by atoms with Crippen LogP contribution in [0.1, 0.15) is 10.5 Å². The quantitative estimate of drug-likeness (QED) is 0.537. The van der Waals surface area contributed by atoms with Crippen molar-refractivity contribution in [3.05, 3.63) is 48.3 Å². The molecule has 2 rings (SSSR count). The van der Waals surface area contributed by atoms with Crippen molar-refractivity contribution in [3.63, 3.8) is 0 Å². The Morgan fingerprint density at radius 3 is 2.46 bits per heavy atom. The van der Waals surface area contributed by atoms with Crippen LogP contribution >= 0.6 is 0 Å². The van der Waals surface area contributed by atoms with Gasteiger partial charge in [-0.15, -0.1) is 4.83 Å². The van der Waals surface area contributed by atoms with E-state index in [4.69, 9.17) is 9.47 Å². The molecule has 2 N–H and O–H groups in total. The number of carbonyl (C=O) groups excluding carboxylic acids is 1. The lowest BCUT2D eigenvalue weighted by atomic mass is 10.3. The Balaban J connectivity index is 1.97. The molecule has 0 unspecified atom stereocenters. The van der Waals surface area contributed by atoms with Gasteiger partial charge in [0.05, 0.1) is 11.5 Å². The second kappa shape index (κ2) is 7.95. The highest BCUT2D eigenvalue weighted by molar-refractivity contribution is 7.89. The molecule has 9 heteroatoms. The van der Waals surface area contributed by atoms with Gasteiger partial charge in [0.2, 0.25) is 0 Å². The van der Waals surface area contributed by atoms with E-state index in [1.807, 2.05) is 0 Å². The zero-order valence-electron chi connectivity index (χ0n) is 13.4. The lowest BCUT2D eigenvalue weighted by molar-refractivity contribution is 0.0937. The average molecular weight is 353 g/mol. The van der Waals surface area contributed by atoms with Crippen molar-refractivity contribution >= 4 is 15.9 Å². The van der Waals surface area contributed by atoms with Gasteiger partial charge in [-0.1, -0.05) is 0 Å². The van der Waals surface area contributed by atoms with Crippen LogP contribution in [-0.2, 0) is 21.8 Å². The topological polar surface area (TPSA) is 98.7 Å². The highest BCUT2D eigenvalue weighted by Crippen LogP contribution is 2.15. The maximum Gasteiger partial charge on any atom is 0.282 e. The van der Waals surface area contributed by atoms with Gasteiger partial charge in [-0.3, -0.25) is 10.2 Å². The number of hydrogen-bond acceptors (Lipinski definition) is 5. The summed E-state index contributed by atoms with van der Waals surface area (Å²) >= 11 is 0. The predicted octanol–water partition coefficient (Wildman–Crippen LogP) is 0.674. The third kappa shape index (κ3) is 4.57.